The number of carbonyl (C=O) groups excluding carboxylic acids is 2. The van der Waals surface area contributed by atoms with Gasteiger partial charge in [-0.15, -0.1) is 0 Å². The Kier molecular flexibility index (Phi) is 24.3. The topological polar surface area (TPSA) is 145 Å². The molecule has 4 aromatic carbocycles. The number of halogens is 2. The van der Waals surface area contributed by atoms with Crippen LogP contribution in [0.15, 0.2) is 60.7 Å². The molecule has 0 N–H and O–H groups in total. The van der Waals surface area contributed by atoms with Crippen molar-refractivity contribution in [3.63, 3.8) is 0 Å². The van der Waals surface area contributed by atoms with Gasteiger partial charge in [-0.3, -0.25) is 9.59 Å². The van der Waals surface area contributed by atoms with Crippen molar-refractivity contribution in [1.29, 1.82) is 0 Å². The number of quaternary nitrogens is 2. The third kappa shape index (κ3) is 15.4. The van der Waals surface area contributed by atoms with Crippen LogP contribution in [0.3, 0.4) is 0 Å². The molecule has 4 atom stereocenters. The minimum Gasteiger partial charge on any atom is -1.00 e. The predicted molar refractivity (Wildman–Crippen MR) is 282 cm³/mol. The van der Waals surface area contributed by atoms with Crippen molar-refractivity contribution < 1.29 is 100 Å². The number of hydrogen-bond donors (Lipinski definition) is 0. The van der Waals surface area contributed by atoms with E-state index >= 15 is 0 Å². The molecule has 2 heterocycles. The summed E-state index contributed by atoms with van der Waals surface area (Å²) in [7, 11) is 20.9. The van der Waals surface area contributed by atoms with Crippen LogP contribution >= 0.6 is 0 Å². The average Bonchev–Trinajstić information content (AvgIpc) is 3.41. The van der Waals surface area contributed by atoms with E-state index in [0.29, 0.717) is 103 Å². The molecule has 0 spiro atoms. The van der Waals surface area contributed by atoms with Gasteiger partial charge in [0.05, 0.1) is 125 Å². The summed E-state index contributed by atoms with van der Waals surface area (Å²) in [6, 6.07) is 16.5. The van der Waals surface area contributed by atoms with Gasteiger partial charge in [0.25, 0.3) is 0 Å². The second-order valence-electron chi connectivity index (χ2n) is 19.6. The van der Waals surface area contributed by atoms with Crippen molar-refractivity contribution in [2.24, 2.45) is 0 Å². The van der Waals surface area contributed by atoms with E-state index in [1.54, 1.807) is 71.1 Å². The summed E-state index contributed by atoms with van der Waals surface area (Å²) in [6.07, 6.45) is 9.16. The van der Waals surface area contributed by atoms with Crippen LogP contribution in [0.25, 0.3) is 0 Å². The number of benzene rings is 4. The lowest BCUT2D eigenvalue weighted by atomic mass is 9.83. The summed E-state index contributed by atoms with van der Waals surface area (Å²) in [5.74, 6) is 6.00. The van der Waals surface area contributed by atoms with E-state index in [-0.39, 0.29) is 61.6 Å². The molecule has 0 bridgehead atoms. The maximum absolute atomic E-state index is 12.8. The third-order valence-electron chi connectivity index (χ3n) is 14.7. The zero-order valence-electron chi connectivity index (χ0n) is 46.6. The Balaban J connectivity index is 0.00000624. The van der Waals surface area contributed by atoms with E-state index in [1.165, 1.54) is 22.3 Å². The number of rotatable bonds is 28. The highest BCUT2D eigenvalue weighted by Gasteiger charge is 2.41. The molecule has 0 radical (unpaired) electrons. The SMILES string of the molecule is COc1cc2c(cc1OC)[C@@H](Cc1cc(OC)c(OC)c(OC)c1)C[N+](C)(CCCOC(=O)CC/C=C/CCC(=O)OCCC[N+]1(C)CCc3cc(OC)c(OC)cc3[C@H]1Cc1cc(OC)c(OC)c(OC)c1)C2.[Cl-].[Cl-]. The molecule has 2 unspecified atom stereocenters. The van der Waals surface area contributed by atoms with E-state index in [0.717, 1.165) is 65.7 Å². The number of fused-ring (bicyclic) bond motifs is 2. The molecule has 0 aromatic heterocycles. The number of nitrogens with zero attached hydrogens (tertiary/aromatic N) is 2. The van der Waals surface area contributed by atoms with Crippen LogP contribution in [0.1, 0.15) is 83.9 Å². The molecule has 16 nitrogen and oxygen atoms in total. The molecular formula is C58H80Cl2N2O14. The number of allylic oxidation sites excluding steroid dienone is 2. The summed E-state index contributed by atoms with van der Waals surface area (Å²) in [5, 5.41) is 0. The number of hydrogen-bond acceptors (Lipinski definition) is 14. The molecule has 4 aromatic rings. The van der Waals surface area contributed by atoms with Gasteiger partial charge in [-0.05, 0) is 90.0 Å². The third-order valence-corrected chi connectivity index (χ3v) is 14.7. The molecule has 0 saturated carbocycles. The fourth-order valence-electron chi connectivity index (χ4n) is 10.9. The van der Waals surface area contributed by atoms with Gasteiger partial charge in [0.2, 0.25) is 11.5 Å². The van der Waals surface area contributed by atoms with Crippen molar-refractivity contribution in [1.82, 2.24) is 0 Å². The molecule has 2 aliphatic rings. The highest BCUT2D eigenvalue weighted by Crippen LogP contribution is 2.46. The number of carbonyl (C=O) groups is 2. The van der Waals surface area contributed by atoms with Gasteiger partial charge in [-0.1, -0.05) is 12.2 Å². The molecular weight excluding hydrogens is 1020 g/mol. The molecule has 2 aliphatic heterocycles. The Morgan fingerprint density at radius 1 is 0.513 bits per heavy atom. The van der Waals surface area contributed by atoms with E-state index in [4.69, 9.17) is 56.8 Å². The van der Waals surface area contributed by atoms with Crippen molar-refractivity contribution >= 4 is 11.9 Å². The van der Waals surface area contributed by atoms with E-state index in [1.807, 2.05) is 36.4 Å². The highest BCUT2D eigenvalue weighted by atomic mass is 35.5. The van der Waals surface area contributed by atoms with Gasteiger partial charge in [0.15, 0.2) is 46.0 Å². The van der Waals surface area contributed by atoms with Gasteiger partial charge in [0, 0.05) is 55.6 Å². The largest absolute Gasteiger partial charge is 1.00 e. The fraction of sp³-hybridized carbons (Fsp3) is 0.517. The van der Waals surface area contributed by atoms with E-state index in [9.17, 15) is 9.59 Å². The summed E-state index contributed by atoms with van der Waals surface area (Å²) >= 11 is 0. The zero-order valence-corrected chi connectivity index (χ0v) is 48.1. The molecule has 18 heteroatoms. The number of ether oxygens (including phenoxy) is 12. The summed E-state index contributed by atoms with van der Waals surface area (Å²) in [6.45, 7) is 4.83. The lowest BCUT2D eigenvalue weighted by Gasteiger charge is -2.46. The quantitative estimate of drug-likeness (QED) is 0.0356. The second kappa shape index (κ2) is 29.5. The van der Waals surface area contributed by atoms with Crippen molar-refractivity contribution in [3.8, 4) is 57.5 Å². The lowest BCUT2D eigenvalue weighted by molar-refractivity contribution is -0.941. The van der Waals surface area contributed by atoms with Crippen LogP contribution < -0.4 is 72.2 Å². The monoisotopic (exact) mass is 1100 g/mol. The smallest absolute Gasteiger partial charge is 0.306 e. The Bertz CT molecular complexity index is 2530. The minimum atomic E-state index is -0.244. The number of likely N-dealkylation sites (N-methyl/N-ethyl adjacent to an activating group) is 2. The van der Waals surface area contributed by atoms with Gasteiger partial charge < -0.3 is 90.6 Å². The zero-order chi connectivity index (χ0) is 53.4. The van der Waals surface area contributed by atoms with Gasteiger partial charge in [-0.2, -0.15) is 0 Å². The average molecular weight is 1100 g/mol. The molecule has 0 saturated heterocycles. The first kappa shape index (κ1) is 62.6. The normalized spacial score (nSPS) is 18.4. The summed E-state index contributed by atoms with van der Waals surface area (Å²) in [4.78, 5) is 25.6. The Morgan fingerprint density at radius 2 is 0.934 bits per heavy atom. The second-order valence-corrected chi connectivity index (χ2v) is 19.6. The maximum atomic E-state index is 12.8. The van der Waals surface area contributed by atoms with Gasteiger partial charge in [-0.25, -0.2) is 0 Å². The van der Waals surface area contributed by atoms with E-state index in [2.05, 4.69) is 38.4 Å². The lowest BCUT2D eigenvalue weighted by Crippen LogP contribution is -3.00. The molecule has 0 amide bonds. The molecule has 76 heavy (non-hydrogen) atoms. The minimum absolute atomic E-state index is 0. The van der Waals surface area contributed by atoms with E-state index < -0.39 is 0 Å². The van der Waals surface area contributed by atoms with Gasteiger partial charge >= 0.3 is 11.9 Å². The van der Waals surface area contributed by atoms with Crippen LogP contribution in [0, 0.1) is 0 Å². The summed E-state index contributed by atoms with van der Waals surface area (Å²) < 4.78 is 69.7. The summed E-state index contributed by atoms with van der Waals surface area (Å²) in [5.41, 5.74) is 6.95. The van der Waals surface area contributed by atoms with Crippen molar-refractivity contribution in [2.45, 2.75) is 76.3 Å². The predicted octanol–water partition coefficient (Wildman–Crippen LogP) is 3.04. The molecule has 0 fully saturated rings. The van der Waals surface area contributed by atoms with Crippen molar-refractivity contribution in [3.05, 3.63) is 94.1 Å². The molecule has 6 rings (SSSR count). The Morgan fingerprint density at radius 3 is 1.39 bits per heavy atom. The Hall–Kier alpha value is -5.94. The number of methoxy groups -OCH3 is 10. The van der Waals surface area contributed by atoms with Crippen molar-refractivity contribution in [2.75, 3.05) is 125 Å². The first-order valence-corrected chi connectivity index (χ1v) is 25.4. The fourth-order valence-corrected chi connectivity index (χ4v) is 10.9. The Labute approximate surface area is 462 Å². The van der Waals surface area contributed by atoms with Crippen LogP contribution in [0.5, 0.6) is 57.5 Å². The number of esters is 2. The van der Waals surface area contributed by atoms with Gasteiger partial charge in [0.1, 0.15) is 12.6 Å². The van der Waals surface area contributed by atoms with Crippen LogP contribution in [-0.2, 0) is 44.9 Å². The molecule has 420 valence electrons. The van der Waals surface area contributed by atoms with Crippen LogP contribution in [0.2, 0.25) is 0 Å². The maximum Gasteiger partial charge on any atom is 0.306 e. The first-order valence-electron chi connectivity index (χ1n) is 25.4. The highest BCUT2D eigenvalue weighted by molar-refractivity contribution is 5.70. The van der Waals surface area contributed by atoms with Crippen LogP contribution in [-0.4, -0.2) is 145 Å². The first-order chi connectivity index (χ1) is 35.7. The standard InChI is InChI=1S/C58H80N2O14.2ClH/c1-59(37-42(44-35-49(65-5)48(64-4)34-43(44)38-59)27-39-29-51(67-7)57(71-11)52(30-39)68-8)22-17-25-73-55(61)19-15-13-14-16-20-56(62)74-26-18-23-60(2)24-21-41-33-47(63-3)50(66-6)36-45(41)46(60)28-40-31-53(69-9)58(72-12)54(32-40)70-10;;/h13-14,29-36,42,46H,15-28,37-38H2,1-12H3;2*1H/q+2;;/p-2/b14-13+;;/t42-,46+,59?,60?;;/m0../s1. The molecule has 0 aliphatic carbocycles. The van der Waals surface area contributed by atoms with Crippen LogP contribution in [0.4, 0.5) is 0 Å².